The number of benzene rings is 2. The Morgan fingerprint density at radius 3 is 2.39 bits per heavy atom. The summed E-state index contributed by atoms with van der Waals surface area (Å²) >= 11 is 0. The van der Waals surface area contributed by atoms with E-state index in [1.165, 1.54) is 29.0 Å². The van der Waals surface area contributed by atoms with Crippen LogP contribution in [0.25, 0.3) is 0 Å². The van der Waals surface area contributed by atoms with Gasteiger partial charge in [-0.15, -0.1) is 0 Å². The van der Waals surface area contributed by atoms with Gasteiger partial charge < -0.3 is 9.64 Å². The molecule has 0 saturated carbocycles. The SMILES string of the molecule is COc1ccc(C2=NN(C(=O)CN(C)C(C)=O)C(c3ccc(F)cc3)C2)cc1. The van der Waals surface area contributed by atoms with E-state index in [1.807, 2.05) is 24.3 Å². The van der Waals surface area contributed by atoms with Crippen molar-refractivity contribution in [3.8, 4) is 5.75 Å². The second kappa shape index (κ2) is 8.21. The van der Waals surface area contributed by atoms with Gasteiger partial charge in [0.1, 0.15) is 18.1 Å². The maximum absolute atomic E-state index is 13.3. The maximum atomic E-state index is 13.3. The van der Waals surface area contributed by atoms with Crippen LogP contribution in [-0.2, 0) is 9.59 Å². The fourth-order valence-electron chi connectivity index (χ4n) is 3.03. The van der Waals surface area contributed by atoms with Gasteiger partial charge in [-0.3, -0.25) is 9.59 Å². The van der Waals surface area contributed by atoms with Crippen LogP contribution >= 0.6 is 0 Å². The molecule has 28 heavy (non-hydrogen) atoms. The first kappa shape index (κ1) is 19.5. The molecule has 7 heteroatoms. The fraction of sp³-hybridized carbons (Fsp3) is 0.286. The Bertz CT molecular complexity index is 894. The molecule has 6 nitrogen and oxygen atoms in total. The number of hydrogen-bond acceptors (Lipinski definition) is 4. The molecule has 0 spiro atoms. The van der Waals surface area contributed by atoms with Crippen molar-refractivity contribution in [3.63, 3.8) is 0 Å². The first-order valence-electron chi connectivity index (χ1n) is 8.90. The topological polar surface area (TPSA) is 62.2 Å². The normalized spacial score (nSPS) is 15.9. The van der Waals surface area contributed by atoms with Crippen LogP contribution in [0.4, 0.5) is 4.39 Å². The predicted molar refractivity (Wildman–Crippen MR) is 103 cm³/mol. The number of hydrogen-bond donors (Lipinski definition) is 0. The molecule has 3 rings (SSSR count). The van der Waals surface area contributed by atoms with E-state index in [0.29, 0.717) is 6.42 Å². The lowest BCUT2D eigenvalue weighted by Gasteiger charge is -2.24. The molecule has 1 unspecified atom stereocenters. The number of amides is 2. The zero-order valence-electron chi connectivity index (χ0n) is 16.1. The van der Waals surface area contributed by atoms with Crippen molar-refractivity contribution < 1.29 is 18.7 Å². The van der Waals surface area contributed by atoms with Gasteiger partial charge in [0.05, 0.1) is 18.9 Å². The van der Waals surface area contributed by atoms with Crippen molar-refractivity contribution in [2.45, 2.75) is 19.4 Å². The second-order valence-corrected chi connectivity index (χ2v) is 6.66. The molecule has 0 aromatic heterocycles. The highest BCUT2D eigenvalue weighted by Gasteiger charge is 2.33. The summed E-state index contributed by atoms with van der Waals surface area (Å²) in [4.78, 5) is 25.7. The minimum absolute atomic E-state index is 0.0770. The third-order valence-corrected chi connectivity index (χ3v) is 4.75. The van der Waals surface area contributed by atoms with Crippen molar-refractivity contribution in [2.75, 3.05) is 20.7 Å². The molecule has 0 fully saturated rings. The third-order valence-electron chi connectivity index (χ3n) is 4.75. The smallest absolute Gasteiger partial charge is 0.262 e. The average Bonchev–Trinajstić information content (AvgIpc) is 3.14. The summed E-state index contributed by atoms with van der Waals surface area (Å²) in [5, 5.41) is 5.93. The lowest BCUT2D eigenvalue weighted by atomic mass is 9.98. The summed E-state index contributed by atoms with van der Waals surface area (Å²) in [7, 11) is 3.16. The van der Waals surface area contributed by atoms with Gasteiger partial charge in [-0.1, -0.05) is 12.1 Å². The van der Waals surface area contributed by atoms with Gasteiger partial charge in [-0.2, -0.15) is 5.10 Å². The van der Waals surface area contributed by atoms with Crippen LogP contribution in [0.2, 0.25) is 0 Å². The van der Waals surface area contributed by atoms with Gasteiger partial charge in [0.25, 0.3) is 5.91 Å². The molecule has 2 aromatic rings. The molecule has 0 bridgehead atoms. The monoisotopic (exact) mass is 383 g/mol. The quantitative estimate of drug-likeness (QED) is 0.797. The Hall–Kier alpha value is -3.22. The number of methoxy groups -OCH3 is 1. The zero-order chi connectivity index (χ0) is 20.3. The van der Waals surface area contributed by atoms with Gasteiger partial charge in [0.2, 0.25) is 5.91 Å². The standard InChI is InChI=1S/C21H22FN3O3/c1-14(26)24(2)13-21(27)25-20(16-4-8-17(22)9-5-16)12-19(23-25)15-6-10-18(28-3)11-7-15/h4-11,20H,12-13H2,1-3H3. The number of carbonyl (C=O) groups is 2. The van der Waals surface area contributed by atoms with Crippen molar-refractivity contribution in [1.82, 2.24) is 9.91 Å². The number of carbonyl (C=O) groups excluding carboxylic acids is 2. The highest BCUT2D eigenvalue weighted by Crippen LogP contribution is 2.33. The molecule has 0 N–H and O–H groups in total. The summed E-state index contributed by atoms with van der Waals surface area (Å²) in [6.07, 6.45) is 0.494. The van der Waals surface area contributed by atoms with E-state index in [2.05, 4.69) is 5.10 Å². The van der Waals surface area contributed by atoms with Gasteiger partial charge in [0, 0.05) is 20.4 Å². The third kappa shape index (κ3) is 4.19. The molecular weight excluding hydrogens is 361 g/mol. The molecule has 2 amide bonds. The average molecular weight is 383 g/mol. The minimum Gasteiger partial charge on any atom is -0.497 e. The summed E-state index contributed by atoms with van der Waals surface area (Å²) in [6, 6.07) is 13.1. The van der Waals surface area contributed by atoms with Crippen molar-refractivity contribution >= 4 is 17.5 Å². The van der Waals surface area contributed by atoms with E-state index in [4.69, 9.17) is 4.74 Å². The van der Waals surface area contributed by atoms with Gasteiger partial charge in [-0.05, 0) is 47.5 Å². The Morgan fingerprint density at radius 1 is 1.18 bits per heavy atom. The number of ether oxygens (including phenoxy) is 1. The first-order valence-corrected chi connectivity index (χ1v) is 8.90. The number of nitrogens with zero attached hydrogens (tertiary/aromatic N) is 3. The molecule has 0 saturated heterocycles. The van der Waals surface area contributed by atoms with Gasteiger partial charge in [0.15, 0.2) is 0 Å². The molecule has 1 aliphatic rings. The summed E-state index contributed by atoms with van der Waals surface area (Å²) in [6.45, 7) is 1.33. The summed E-state index contributed by atoms with van der Waals surface area (Å²) in [5.41, 5.74) is 2.41. The molecule has 146 valence electrons. The minimum atomic E-state index is -0.356. The molecule has 1 atom stereocenters. The van der Waals surface area contributed by atoms with E-state index < -0.39 is 0 Å². The lowest BCUT2D eigenvalue weighted by molar-refractivity contribution is -0.139. The first-order chi connectivity index (χ1) is 13.4. The van der Waals surface area contributed by atoms with E-state index in [-0.39, 0.29) is 30.2 Å². The van der Waals surface area contributed by atoms with Crippen molar-refractivity contribution in [3.05, 3.63) is 65.5 Å². The van der Waals surface area contributed by atoms with Crippen LogP contribution in [0, 0.1) is 5.82 Å². The Morgan fingerprint density at radius 2 is 1.82 bits per heavy atom. The predicted octanol–water partition coefficient (Wildman–Crippen LogP) is 2.99. The largest absolute Gasteiger partial charge is 0.497 e. The number of rotatable bonds is 5. The van der Waals surface area contributed by atoms with Crippen LogP contribution in [0.15, 0.2) is 53.6 Å². The Kier molecular flexibility index (Phi) is 5.73. The second-order valence-electron chi connectivity index (χ2n) is 6.66. The maximum Gasteiger partial charge on any atom is 0.262 e. The number of halogens is 1. The highest BCUT2D eigenvalue weighted by molar-refractivity contribution is 6.03. The fourth-order valence-corrected chi connectivity index (χ4v) is 3.03. The molecule has 0 radical (unpaired) electrons. The molecule has 0 aliphatic carbocycles. The van der Waals surface area contributed by atoms with E-state index in [0.717, 1.165) is 22.6 Å². The molecular formula is C21H22FN3O3. The highest BCUT2D eigenvalue weighted by atomic mass is 19.1. The van der Waals surface area contributed by atoms with Gasteiger partial charge in [-0.25, -0.2) is 9.40 Å². The van der Waals surface area contributed by atoms with E-state index in [9.17, 15) is 14.0 Å². The van der Waals surface area contributed by atoms with Crippen molar-refractivity contribution in [2.24, 2.45) is 5.10 Å². The van der Waals surface area contributed by atoms with E-state index >= 15 is 0 Å². The van der Waals surface area contributed by atoms with Crippen LogP contribution < -0.4 is 4.74 Å². The van der Waals surface area contributed by atoms with Crippen LogP contribution in [0.5, 0.6) is 5.75 Å². The van der Waals surface area contributed by atoms with Crippen LogP contribution in [0.1, 0.15) is 30.5 Å². The van der Waals surface area contributed by atoms with Crippen LogP contribution in [0.3, 0.4) is 0 Å². The molecule has 1 heterocycles. The van der Waals surface area contributed by atoms with E-state index in [1.54, 1.807) is 26.3 Å². The lowest BCUT2D eigenvalue weighted by Crippen LogP contribution is -2.38. The summed E-state index contributed by atoms with van der Waals surface area (Å²) in [5.74, 6) is -0.110. The molecule has 2 aromatic carbocycles. The Labute approximate surface area is 163 Å². The van der Waals surface area contributed by atoms with Crippen molar-refractivity contribution in [1.29, 1.82) is 0 Å². The Balaban J connectivity index is 1.91. The zero-order valence-corrected chi connectivity index (χ0v) is 16.1. The molecule has 1 aliphatic heterocycles. The summed E-state index contributed by atoms with van der Waals surface area (Å²) < 4.78 is 18.5. The van der Waals surface area contributed by atoms with Gasteiger partial charge >= 0.3 is 0 Å². The number of likely N-dealkylation sites (N-methyl/N-ethyl adjacent to an activating group) is 1. The number of hydrazone groups is 1. The van der Waals surface area contributed by atoms with Crippen LogP contribution in [-0.4, -0.2) is 48.1 Å².